The number of hydrogen-bond donors (Lipinski definition) is 3. The molecular formula is C29H39N3O5. The molecule has 4 unspecified atom stereocenters. The van der Waals surface area contributed by atoms with E-state index in [-0.39, 0.29) is 17.9 Å². The summed E-state index contributed by atoms with van der Waals surface area (Å²) in [4.78, 5) is 41.9. The molecule has 3 amide bonds. The molecule has 0 spiro atoms. The number of aryl methyl sites for hydroxylation is 3. The van der Waals surface area contributed by atoms with E-state index in [1.165, 1.54) is 4.90 Å². The van der Waals surface area contributed by atoms with E-state index in [2.05, 4.69) is 10.6 Å². The molecule has 1 aliphatic rings. The molecule has 1 aliphatic carbocycles. The van der Waals surface area contributed by atoms with Gasteiger partial charge in [-0.2, -0.15) is 0 Å². The van der Waals surface area contributed by atoms with Crippen molar-refractivity contribution in [3.8, 4) is 0 Å². The van der Waals surface area contributed by atoms with Gasteiger partial charge in [-0.05, 0) is 76.6 Å². The number of rotatable bonds is 8. The second-order valence-electron chi connectivity index (χ2n) is 11.0. The average molecular weight is 510 g/mol. The van der Waals surface area contributed by atoms with Crippen LogP contribution in [0.5, 0.6) is 0 Å². The van der Waals surface area contributed by atoms with Crippen LogP contribution in [0.1, 0.15) is 62.4 Å². The fraction of sp³-hybridized carbons (Fsp3) is 0.483. The lowest BCUT2D eigenvalue weighted by Crippen LogP contribution is -2.54. The Bertz CT molecular complexity index is 1160. The zero-order valence-electron chi connectivity index (χ0n) is 22.8. The molecule has 3 N–H and O–H groups in total. The molecule has 0 bridgehead atoms. The molecule has 1 fully saturated rings. The molecule has 0 heterocycles. The molecule has 1 saturated carbocycles. The van der Waals surface area contributed by atoms with Gasteiger partial charge in [-0.25, -0.2) is 4.79 Å². The molecule has 37 heavy (non-hydrogen) atoms. The van der Waals surface area contributed by atoms with Gasteiger partial charge in [-0.3, -0.25) is 9.59 Å². The average Bonchev–Trinajstić information content (AvgIpc) is 3.52. The number of nitrogens with zero attached hydrogens (tertiary/aromatic N) is 1. The topological polar surface area (TPSA) is 108 Å². The summed E-state index contributed by atoms with van der Waals surface area (Å²) in [6.45, 7) is 12.3. The number of aliphatic hydroxyl groups is 1. The molecule has 2 aromatic carbocycles. The predicted octanol–water partition coefficient (Wildman–Crippen LogP) is 4.41. The van der Waals surface area contributed by atoms with E-state index in [1.807, 2.05) is 70.2 Å². The van der Waals surface area contributed by atoms with Crippen molar-refractivity contribution in [1.82, 2.24) is 10.2 Å². The van der Waals surface area contributed by atoms with Crippen LogP contribution in [0.2, 0.25) is 0 Å². The molecule has 0 saturated heterocycles. The molecule has 3 rings (SSSR count). The summed E-state index contributed by atoms with van der Waals surface area (Å²) < 4.78 is 5.30. The van der Waals surface area contributed by atoms with Crippen LogP contribution < -0.4 is 10.6 Å². The Hall–Kier alpha value is -3.39. The lowest BCUT2D eigenvalue weighted by molar-refractivity contribution is -0.142. The maximum absolute atomic E-state index is 13.9. The predicted molar refractivity (Wildman–Crippen MR) is 143 cm³/mol. The Labute approximate surface area is 219 Å². The molecule has 4 atom stereocenters. The first-order valence-corrected chi connectivity index (χ1v) is 12.7. The smallest absolute Gasteiger partial charge is 0.408 e. The van der Waals surface area contributed by atoms with Crippen molar-refractivity contribution in [3.05, 3.63) is 64.7 Å². The summed E-state index contributed by atoms with van der Waals surface area (Å²) in [5.41, 5.74) is 3.38. The Morgan fingerprint density at radius 3 is 2.27 bits per heavy atom. The van der Waals surface area contributed by atoms with Gasteiger partial charge in [0.25, 0.3) is 5.91 Å². The van der Waals surface area contributed by atoms with Crippen molar-refractivity contribution in [2.24, 2.45) is 5.92 Å². The number of carbonyl (C=O) groups excluding carboxylic acids is 3. The van der Waals surface area contributed by atoms with Gasteiger partial charge in [-0.15, -0.1) is 0 Å². The minimum absolute atomic E-state index is 0.171. The fourth-order valence-corrected chi connectivity index (χ4v) is 4.45. The molecule has 0 aromatic heterocycles. The van der Waals surface area contributed by atoms with Gasteiger partial charge in [0.05, 0.1) is 6.61 Å². The Morgan fingerprint density at radius 1 is 1.08 bits per heavy atom. The molecule has 0 aliphatic heterocycles. The SMILES string of the molecule is Cc1ccc(C(C(=O)Nc2ccccc2C)N(C(=O)C(CO)NC(=O)OC(C)(C)C)C2CC2C)c(C)c1. The van der Waals surface area contributed by atoms with Crippen LogP contribution in [0.3, 0.4) is 0 Å². The number of ether oxygens (including phenoxy) is 1. The Balaban J connectivity index is 2.03. The Morgan fingerprint density at radius 2 is 1.73 bits per heavy atom. The van der Waals surface area contributed by atoms with Gasteiger partial charge < -0.3 is 25.4 Å². The second-order valence-corrected chi connectivity index (χ2v) is 11.0. The number of alkyl carbamates (subject to hydrolysis) is 1. The lowest BCUT2D eigenvalue weighted by Gasteiger charge is -2.35. The van der Waals surface area contributed by atoms with Gasteiger partial charge in [0.1, 0.15) is 17.7 Å². The van der Waals surface area contributed by atoms with E-state index >= 15 is 0 Å². The van der Waals surface area contributed by atoms with Crippen molar-refractivity contribution in [3.63, 3.8) is 0 Å². The zero-order valence-corrected chi connectivity index (χ0v) is 22.8. The number of carbonyl (C=O) groups is 3. The van der Waals surface area contributed by atoms with Gasteiger partial charge in [0.2, 0.25) is 5.91 Å². The van der Waals surface area contributed by atoms with E-state index in [1.54, 1.807) is 20.8 Å². The molecule has 0 radical (unpaired) electrons. The first-order valence-electron chi connectivity index (χ1n) is 12.7. The number of nitrogens with one attached hydrogen (secondary N) is 2. The van der Waals surface area contributed by atoms with E-state index in [0.717, 1.165) is 23.1 Å². The van der Waals surface area contributed by atoms with Crippen molar-refractivity contribution in [2.45, 2.75) is 78.6 Å². The highest BCUT2D eigenvalue weighted by Gasteiger charge is 2.48. The summed E-state index contributed by atoms with van der Waals surface area (Å²) in [5.74, 6) is -0.723. The largest absolute Gasteiger partial charge is 0.444 e. The van der Waals surface area contributed by atoms with E-state index < -0.39 is 36.3 Å². The van der Waals surface area contributed by atoms with Gasteiger partial charge in [-0.1, -0.05) is 48.9 Å². The normalized spacial score (nSPS) is 18.4. The summed E-state index contributed by atoms with van der Waals surface area (Å²) in [6.07, 6.45) is -0.0915. The third kappa shape index (κ3) is 7.10. The fourth-order valence-electron chi connectivity index (χ4n) is 4.45. The third-order valence-corrected chi connectivity index (χ3v) is 6.50. The van der Waals surface area contributed by atoms with Crippen molar-refractivity contribution in [2.75, 3.05) is 11.9 Å². The van der Waals surface area contributed by atoms with Crippen LogP contribution in [0.25, 0.3) is 0 Å². The number of aliphatic hydroxyl groups excluding tert-OH is 1. The maximum Gasteiger partial charge on any atom is 0.408 e. The number of anilines is 1. The summed E-state index contributed by atoms with van der Waals surface area (Å²) in [7, 11) is 0. The lowest BCUT2D eigenvalue weighted by atomic mass is 9.96. The van der Waals surface area contributed by atoms with Crippen LogP contribution in [0.15, 0.2) is 42.5 Å². The first kappa shape index (κ1) is 28.2. The van der Waals surface area contributed by atoms with Crippen molar-refractivity contribution < 1.29 is 24.2 Å². The zero-order chi connectivity index (χ0) is 27.5. The minimum Gasteiger partial charge on any atom is -0.444 e. The van der Waals surface area contributed by atoms with Crippen LogP contribution in [0.4, 0.5) is 10.5 Å². The number of para-hydroxylation sites is 1. The van der Waals surface area contributed by atoms with Crippen molar-refractivity contribution >= 4 is 23.6 Å². The van der Waals surface area contributed by atoms with Gasteiger partial charge >= 0.3 is 6.09 Å². The van der Waals surface area contributed by atoms with Crippen molar-refractivity contribution in [1.29, 1.82) is 0 Å². The Kier molecular flexibility index (Phi) is 8.64. The van der Waals surface area contributed by atoms with E-state index in [0.29, 0.717) is 11.3 Å². The summed E-state index contributed by atoms with van der Waals surface area (Å²) in [6, 6.07) is 10.8. The number of hydrogen-bond acceptors (Lipinski definition) is 5. The maximum atomic E-state index is 13.9. The molecule has 8 nitrogen and oxygen atoms in total. The molecule has 8 heteroatoms. The molecular weight excluding hydrogens is 470 g/mol. The van der Waals surface area contributed by atoms with Crippen LogP contribution in [0, 0.1) is 26.7 Å². The number of benzene rings is 2. The molecule has 200 valence electrons. The monoisotopic (exact) mass is 509 g/mol. The summed E-state index contributed by atoms with van der Waals surface area (Å²) in [5, 5.41) is 15.6. The third-order valence-electron chi connectivity index (χ3n) is 6.50. The summed E-state index contributed by atoms with van der Waals surface area (Å²) >= 11 is 0. The van der Waals surface area contributed by atoms with Crippen LogP contribution in [-0.4, -0.2) is 52.2 Å². The molecule has 2 aromatic rings. The minimum atomic E-state index is -1.26. The van der Waals surface area contributed by atoms with E-state index in [9.17, 15) is 19.5 Å². The van der Waals surface area contributed by atoms with E-state index in [4.69, 9.17) is 4.74 Å². The standard InChI is InChI=1S/C29H39N3O5/c1-17-12-13-21(19(3)14-17)25(26(34)30-22-11-9-8-10-18(22)2)32(24-15-20(24)4)27(35)23(16-33)31-28(36)37-29(5,6)7/h8-14,20,23-25,33H,15-16H2,1-7H3,(H,30,34)(H,31,36). The van der Waals surface area contributed by atoms with Crippen LogP contribution in [-0.2, 0) is 14.3 Å². The van der Waals surface area contributed by atoms with Crippen LogP contribution >= 0.6 is 0 Å². The quantitative estimate of drug-likeness (QED) is 0.488. The van der Waals surface area contributed by atoms with Gasteiger partial charge in [0, 0.05) is 11.7 Å². The highest BCUT2D eigenvalue weighted by atomic mass is 16.6. The van der Waals surface area contributed by atoms with Gasteiger partial charge in [0.15, 0.2) is 0 Å². The highest BCUT2D eigenvalue weighted by Crippen LogP contribution is 2.41. The first-order chi connectivity index (χ1) is 17.3. The highest BCUT2D eigenvalue weighted by molar-refractivity contribution is 5.99. The number of amides is 3. The second kappa shape index (κ2) is 11.3.